The summed E-state index contributed by atoms with van der Waals surface area (Å²) >= 11 is 6.74. The fourth-order valence-corrected chi connectivity index (χ4v) is 7.93. The zero-order chi connectivity index (χ0) is 30.7. The predicted molar refractivity (Wildman–Crippen MR) is 150 cm³/mol. The highest BCUT2D eigenvalue weighted by atomic mass is 35.5. The van der Waals surface area contributed by atoms with E-state index in [1.807, 2.05) is 0 Å². The molecule has 7 atom stereocenters. The molecule has 8 nitrogen and oxygen atoms in total. The number of nitrogens with zero attached hydrogens (tertiary/aromatic N) is 3. The van der Waals surface area contributed by atoms with Crippen LogP contribution in [0.2, 0.25) is 5.02 Å². The molecule has 14 heteroatoms. The van der Waals surface area contributed by atoms with Crippen LogP contribution in [0.5, 0.6) is 0 Å². The van der Waals surface area contributed by atoms with E-state index >= 15 is 0 Å². The standard InChI is InChI=1S/C29H30ClF4N3O5S/c1-14-3-2-10-35-21(14)26(28(40)6-8-29(33,34)9-7-28)43-27-23(39)22(25-24(42-27)18(38)13-41-25)37-12-15(11-36-37)16-4-5-17(30)20(32)19(16)31/h2-5,10-12,18,22-27,38-40H,6-9,13H2,1H3/t18?,22?,23?,24?,25-,26-,27+/m1/s1. The fourth-order valence-electron chi connectivity index (χ4n) is 6.14. The van der Waals surface area contributed by atoms with E-state index in [-0.39, 0.29) is 35.6 Å². The van der Waals surface area contributed by atoms with Gasteiger partial charge in [0.25, 0.3) is 0 Å². The number of halogens is 5. The molecule has 0 amide bonds. The molecule has 2 aromatic heterocycles. The van der Waals surface area contributed by atoms with Gasteiger partial charge in [-0.2, -0.15) is 5.10 Å². The van der Waals surface area contributed by atoms with Crippen molar-refractivity contribution >= 4 is 23.4 Å². The van der Waals surface area contributed by atoms with Crippen molar-refractivity contribution in [3.05, 3.63) is 70.8 Å². The molecule has 6 rings (SSSR count). The van der Waals surface area contributed by atoms with Crippen LogP contribution in [-0.2, 0) is 9.47 Å². The van der Waals surface area contributed by atoms with Gasteiger partial charge in [-0.05, 0) is 43.5 Å². The average Bonchev–Trinajstić information content (AvgIpc) is 3.60. The first-order chi connectivity index (χ1) is 20.4. The van der Waals surface area contributed by atoms with Crippen molar-refractivity contribution in [1.82, 2.24) is 14.8 Å². The van der Waals surface area contributed by atoms with Crippen molar-refractivity contribution < 1.29 is 42.4 Å². The maximum atomic E-state index is 14.7. The second-order valence-electron chi connectivity index (χ2n) is 11.4. The van der Waals surface area contributed by atoms with Crippen molar-refractivity contribution in [3.63, 3.8) is 0 Å². The minimum absolute atomic E-state index is 0.0805. The van der Waals surface area contributed by atoms with Crippen molar-refractivity contribution in [2.45, 2.75) is 85.3 Å². The number of rotatable bonds is 6. The number of fused-ring (bicyclic) bond motifs is 1. The minimum atomic E-state index is -2.89. The Morgan fingerprint density at radius 2 is 1.84 bits per heavy atom. The summed E-state index contributed by atoms with van der Waals surface area (Å²) in [5.74, 6) is -5.25. The van der Waals surface area contributed by atoms with Gasteiger partial charge in [-0.25, -0.2) is 17.6 Å². The highest BCUT2D eigenvalue weighted by molar-refractivity contribution is 8.00. The highest BCUT2D eigenvalue weighted by Gasteiger charge is 2.56. The number of aliphatic hydroxyl groups is 3. The second-order valence-corrected chi connectivity index (χ2v) is 13.0. The van der Waals surface area contributed by atoms with E-state index in [1.54, 1.807) is 25.3 Å². The van der Waals surface area contributed by atoms with Gasteiger partial charge in [0.15, 0.2) is 11.6 Å². The van der Waals surface area contributed by atoms with Gasteiger partial charge < -0.3 is 24.8 Å². The zero-order valence-electron chi connectivity index (χ0n) is 22.9. The number of alkyl halides is 2. The van der Waals surface area contributed by atoms with Crippen LogP contribution in [0, 0.1) is 18.6 Å². The molecule has 0 spiro atoms. The molecule has 3 aliphatic rings. The first-order valence-electron chi connectivity index (χ1n) is 13.9. The Hall–Kier alpha value is -2.26. The van der Waals surface area contributed by atoms with E-state index in [9.17, 15) is 32.9 Å². The average molecular weight is 644 g/mol. The summed E-state index contributed by atoms with van der Waals surface area (Å²) in [5, 5.41) is 37.3. The summed E-state index contributed by atoms with van der Waals surface area (Å²) in [7, 11) is 0. The van der Waals surface area contributed by atoms with Gasteiger partial charge in [0.05, 0.1) is 34.4 Å². The monoisotopic (exact) mass is 643 g/mol. The summed E-state index contributed by atoms with van der Waals surface area (Å²) in [6.07, 6.45) is -1.26. The number of aromatic nitrogens is 3. The molecular formula is C29H30ClF4N3O5S. The third-order valence-electron chi connectivity index (χ3n) is 8.58. The molecule has 232 valence electrons. The largest absolute Gasteiger partial charge is 0.388 e. The molecule has 3 aromatic rings. The number of ether oxygens (including phenoxy) is 2. The van der Waals surface area contributed by atoms with Gasteiger partial charge in [0.1, 0.15) is 35.9 Å². The molecule has 1 aliphatic carbocycles. The van der Waals surface area contributed by atoms with Crippen LogP contribution in [0.15, 0.2) is 42.9 Å². The summed E-state index contributed by atoms with van der Waals surface area (Å²) in [6.45, 7) is 1.72. The number of hydrogen-bond donors (Lipinski definition) is 3. The normalized spacial score (nSPS) is 30.6. The Bertz CT molecular complexity index is 1490. The maximum Gasteiger partial charge on any atom is 0.248 e. The van der Waals surface area contributed by atoms with Crippen molar-refractivity contribution in [2.24, 2.45) is 0 Å². The lowest BCUT2D eigenvalue weighted by Crippen LogP contribution is -2.55. The number of thioether (sulfide) groups is 1. The van der Waals surface area contributed by atoms with Crippen molar-refractivity contribution in [3.8, 4) is 11.1 Å². The zero-order valence-corrected chi connectivity index (χ0v) is 24.5. The summed E-state index contributed by atoms with van der Waals surface area (Å²) < 4.78 is 70.5. The Labute approximate surface area is 254 Å². The lowest BCUT2D eigenvalue weighted by Gasteiger charge is -2.46. The van der Waals surface area contributed by atoms with Crippen molar-refractivity contribution in [1.29, 1.82) is 0 Å². The quantitative estimate of drug-likeness (QED) is 0.255. The SMILES string of the molecule is Cc1cccnc1[C@@H](S[C@@H]1OC2C(O)CO[C@@H]2C(n2cc(-c3ccc(Cl)c(F)c3F)cn2)C1O)C1(O)CCC(F)(F)CC1. The van der Waals surface area contributed by atoms with E-state index in [2.05, 4.69) is 10.1 Å². The Morgan fingerprint density at radius 3 is 2.56 bits per heavy atom. The molecule has 4 heterocycles. The third kappa shape index (κ3) is 5.69. The lowest BCUT2D eigenvalue weighted by molar-refractivity contribution is -0.162. The van der Waals surface area contributed by atoms with Gasteiger partial charge in [-0.3, -0.25) is 9.67 Å². The number of hydrogen-bond acceptors (Lipinski definition) is 8. The number of benzene rings is 1. The fraction of sp³-hybridized carbons (Fsp3) is 0.517. The first kappa shape index (κ1) is 30.8. The van der Waals surface area contributed by atoms with E-state index < -0.39 is 77.1 Å². The van der Waals surface area contributed by atoms with Crippen LogP contribution >= 0.6 is 23.4 Å². The van der Waals surface area contributed by atoms with Crippen LogP contribution in [0.25, 0.3) is 11.1 Å². The number of aryl methyl sites for hydroxylation is 1. The maximum absolute atomic E-state index is 14.7. The van der Waals surface area contributed by atoms with Crippen LogP contribution < -0.4 is 0 Å². The molecule has 1 aromatic carbocycles. The molecule has 2 aliphatic heterocycles. The Kier molecular flexibility index (Phi) is 8.29. The summed E-state index contributed by atoms with van der Waals surface area (Å²) in [6, 6.07) is 5.11. The molecular weight excluding hydrogens is 614 g/mol. The number of aliphatic hydroxyl groups excluding tert-OH is 2. The minimum Gasteiger partial charge on any atom is -0.388 e. The smallest absolute Gasteiger partial charge is 0.248 e. The molecule has 3 N–H and O–H groups in total. The van der Waals surface area contributed by atoms with E-state index in [1.165, 1.54) is 29.2 Å². The topological polar surface area (TPSA) is 110 Å². The summed E-state index contributed by atoms with van der Waals surface area (Å²) in [5.41, 5.74) is -1.35. The highest BCUT2D eigenvalue weighted by Crippen LogP contribution is 2.53. The lowest BCUT2D eigenvalue weighted by atomic mass is 9.79. The van der Waals surface area contributed by atoms with Gasteiger partial charge >= 0.3 is 0 Å². The first-order valence-corrected chi connectivity index (χ1v) is 15.2. The van der Waals surface area contributed by atoms with Crippen LogP contribution in [0.3, 0.4) is 0 Å². The van der Waals surface area contributed by atoms with E-state index in [0.717, 1.165) is 17.3 Å². The van der Waals surface area contributed by atoms with Crippen LogP contribution in [-0.4, -0.2) is 78.1 Å². The number of pyridine rings is 1. The van der Waals surface area contributed by atoms with E-state index in [4.69, 9.17) is 21.1 Å². The van der Waals surface area contributed by atoms with Crippen LogP contribution in [0.1, 0.15) is 48.2 Å². The van der Waals surface area contributed by atoms with Gasteiger partial charge in [0.2, 0.25) is 5.92 Å². The summed E-state index contributed by atoms with van der Waals surface area (Å²) in [4.78, 5) is 4.47. The Balaban J connectivity index is 1.35. The van der Waals surface area contributed by atoms with Crippen molar-refractivity contribution in [2.75, 3.05) is 6.61 Å². The molecule has 43 heavy (non-hydrogen) atoms. The predicted octanol–water partition coefficient (Wildman–Crippen LogP) is 4.99. The molecule has 0 bridgehead atoms. The van der Waals surface area contributed by atoms with Crippen LogP contribution in [0.4, 0.5) is 17.6 Å². The molecule has 3 fully saturated rings. The van der Waals surface area contributed by atoms with Gasteiger partial charge in [-0.15, -0.1) is 11.8 Å². The molecule has 4 unspecified atom stereocenters. The Morgan fingerprint density at radius 1 is 1.09 bits per heavy atom. The molecule has 0 radical (unpaired) electrons. The molecule has 2 saturated heterocycles. The third-order valence-corrected chi connectivity index (χ3v) is 10.5. The van der Waals surface area contributed by atoms with E-state index in [0.29, 0.717) is 5.69 Å². The van der Waals surface area contributed by atoms with Gasteiger partial charge in [0, 0.05) is 36.4 Å². The second kappa shape index (κ2) is 11.6. The van der Waals surface area contributed by atoms with Gasteiger partial charge in [-0.1, -0.05) is 17.7 Å². The molecule has 1 saturated carbocycles.